The largest absolute Gasteiger partial charge is 0.497 e. The van der Waals surface area contributed by atoms with Crippen molar-refractivity contribution in [2.24, 2.45) is 17.3 Å². The predicted octanol–water partition coefficient (Wildman–Crippen LogP) is 7.81. The number of ketones is 1. The summed E-state index contributed by atoms with van der Waals surface area (Å²) in [6.45, 7) is 7.89. The van der Waals surface area contributed by atoms with E-state index in [1.807, 2.05) is 0 Å². The molecule has 2 bridgehead atoms. The second kappa shape index (κ2) is 14.1. The highest BCUT2D eigenvalue weighted by Gasteiger charge is 2.52. The Balaban J connectivity index is 1.70. The van der Waals surface area contributed by atoms with Gasteiger partial charge in [0.1, 0.15) is 24.0 Å². The van der Waals surface area contributed by atoms with Crippen LogP contribution in [0.2, 0.25) is 0 Å². The number of alkyl halides is 5. The lowest BCUT2D eigenvalue weighted by molar-refractivity contribution is -0.141. The number of aromatic nitrogens is 1. The van der Waals surface area contributed by atoms with Crippen molar-refractivity contribution in [2.75, 3.05) is 13.7 Å². The van der Waals surface area contributed by atoms with Gasteiger partial charge in [-0.3, -0.25) is 9.59 Å². The molecule has 50 heavy (non-hydrogen) atoms. The highest BCUT2D eigenvalue weighted by Crippen LogP contribution is 2.50. The van der Waals surface area contributed by atoms with Gasteiger partial charge in [-0.1, -0.05) is 34.1 Å². The minimum atomic E-state index is -5.22. The van der Waals surface area contributed by atoms with E-state index in [0.717, 1.165) is 12.5 Å². The standard InChI is InChI=1S/C36H46F5N3O6/c1-7-22-26-18-44(29(22)19(2)45)32(46)30(34(3,4)5)43-33(47)50-25-13-10-12-20(25)11-8-9-16-35(37,38)28-27(36(39,40)41)23-15-14-21(48-6)17-24(23)42-31(28)49-26/h14-15,17,20,22,25-26,29-30H,7-13,16,18H2,1-6H3,(H,43,47)/t20-,22?,25-,26+,29-,30-/m1/s1. The van der Waals surface area contributed by atoms with E-state index in [1.165, 1.54) is 31.1 Å². The van der Waals surface area contributed by atoms with E-state index in [9.17, 15) is 27.6 Å². The number of hydrogen-bond donors (Lipinski definition) is 1. The Labute approximate surface area is 288 Å². The van der Waals surface area contributed by atoms with Gasteiger partial charge in [0.2, 0.25) is 11.8 Å². The molecular weight excluding hydrogens is 665 g/mol. The summed E-state index contributed by atoms with van der Waals surface area (Å²) in [5.41, 5.74) is -4.05. The Morgan fingerprint density at radius 2 is 1.76 bits per heavy atom. The number of alkyl carbamates (subject to hydrolysis) is 1. The SMILES string of the molecule is CCC1[C@@H]2CN(C(=O)[C@H](C(C)(C)C)NC(=O)O[C@@H]3CCC[C@H]3CCCCC(F)(F)c3c(nc4cc(OC)ccc4c3C(F)(F)F)O2)[C@@H]1C(C)=O. The van der Waals surface area contributed by atoms with Crippen LogP contribution in [0.15, 0.2) is 18.2 Å². The summed E-state index contributed by atoms with van der Waals surface area (Å²) in [7, 11) is 1.32. The molecule has 5 rings (SSSR count). The molecule has 2 aromatic rings. The van der Waals surface area contributed by atoms with Gasteiger partial charge in [-0.25, -0.2) is 18.6 Å². The van der Waals surface area contributed by atoms with E-state index in [4.69, 9.17) is 14.2 Å². The number of pyridine rings is 1. The Bertz CT molecular complexity index is 1610. The Morgan fingerprint density at radius 1 is 1.06 bits per heavy atom. The van der Waals surface area contributed by atoms with Crippen molar-refractivity contribution in [2.45, 2.75) is 122 Å². The summed E-state index contributed by atoms with van der Waals surface area (Å²) < 4.78 is 94.9. The molecule has 1 saturated carbocycles. The fraction of sp³-hybridized carbons (Fsp3) is 0.667. The van der Waals surface area contributed by atoms with E-state index < -0.39 is 94.3 Å². The van der Waals surface area contributed by atoms with E-state index in [1.54, 1.807) is 27.7 Å². The predicted molar refractivity (Wildman–Crippen MR) is 174 cm³/mol. The maximum atomic E-state index is 16.4. The number of rotatable bonds is 3. The number of amides is 2. The number of carbonyl (C=O) groups is 3. The Hall–Kier alpha value is -3.71. The van der Waals surface area contributed by atoms with Crippen LogP contribution in [-0.4, -0.2) is 65.6 Å². The monoisotopic (exact) mass is 711 g/mol. The number of Topliss-reactive ketones (excluding diaryl/α,β-unsaturated/α-hetero) is 1. The second-order valence-corrected chi connectivity index (χ2v) is 14.9. The van der Waals surface area contributed by atoms with Crippen molar-refractivity contribution in [3.63, 3.8) is 0 Å². The van der Waals surface area contributed by atoms with Gasteiger partial charge in [0.05, 0.1) is 36.3 Å². The van der Waals surface area contributed by atoms with Crippen LogP contribution >= 0.6 is 0 Å². The van der Waals surface area contributed by atoms with Crippen LogP contribution in [0, 0.1) is 17.3 Å². The number of ether oxygens (including phenoxy) is 3. The number of fused-ring (bicyclic) bond motifs is 5. The van der Waals surface area contributed by atoms with Crippen LogP contribution in [0.4, 0.5) is 26.7 Å². The fourth-order valence-electron chi connectivity index (χ4n) is 7.92. The number of benzene rings is 1. The van der Waals surface area contributed by atoms with Crippen LogP contribution in [0.3, 0.4) is 0 Å². The molecule has 1 N–H and O–H groups in total. The number of halogens is 5. The lowest BCUT2D eigenvalue weighted by atomic mass is 9.85. The molecule has 1 saturated heterocycles. The number of hydrogen-bond acceptors (Lipinski definition) is 7. The molecule has 2 aliphatic heterocycles. The maximum Gasteiger partial charge on any atom is 0.417 e. The van der Waals surface area contributed by atoms with Gasteiger partial charge >= 0.3 is 12.3 Å². The first-order chi connectivity index (χ1) is 23.4. The molecule has 1 aromatic heterocycles. The molecule has 14 heteroatoms. The van der Waals surface area contributed by atoms with E-state index >= 15 is 8.78 Å². The fourth-order valence-corrected chi connectivity index (χ4v) is 7.92. The quantitative estimate of drug-likeness (QED) is 0.324. The van der Waals surface area contributed by atoms with Crippen LogP contribution < -0.4 is 14.8 Å². The number of carbonyl (C=O) groups excluding carboxylic acids is 3. The molecule has 3 aliphatic rings. The van der Waals surface area contributed by atoms with Gasteiger partial charge in [0.25, 0.3) is 5.92 Å². The van der Waals surface area contributed by atoms with Gasteiger partial charge in [-0.2, -0.15) is 13.2 Å². The smallest absolute Gasteiger partial charge is 0.417 e. The lowest BCUT2D eigenvalue weighted by Crippen LogP contribution is -2.57. The zero-order valence-corrected chi connectivity index (χ0v) is 29.3. The normalized spacial score (nSPS) is 28.1. The molecule has 0 spiro atoms. The summed E-state index contributed by atoms with van der Waals surface area (Å²) in [4.78, 5) is 46.3. The van der Waals surface area contributed by atoms with Gasteiger partial charge in [0.15, 0.2) is 5.78 Å². The van der Waals surface area contributed by atoms with Crippen molar-refractivity contribution in [1.29, 1.82) is 0 Å². The van der Waals surface area contributed by atoms with Gasteiger partial charge in [-0.15, -0.1) is 0 Å². The summed E-state index contributed by atoms with van der Waals surface area (Å²) in [5.74, 6) is -6.74. The average Bonchev–Trinajstić information content (AvgIpc) is 3.62. The van der Waals surface area contributed by atoms with Crippen molar-refractivity contribution < 1.29 is 50.5 Å². The third kappa shape index (κ3) is 7.49. The zero-order chi connectivity index (χ0) is 36.8. The molecule has 2 amide bonds. The van der Waals surface area contributed by atoms with Crippen LogP contribution in [0.5, 0.6) is 11.6 Å². The van der Waals surface area contributed by atoms with Crippen molar-refractivity contribution >= 4 is 28.7 Å². The third-order valence-electron chi connectivity index (χ3n) is 10.4. The van der Waals surface area contributed by atoms with Gasteiger partial charge < -0.3 is 24.4 Å². The summed E-state index contributed by atoms with van der Waals surface area (Å²) in [5, 5.41) is 2.19. The van der Waals surface area contributed by atoms with E-state index in [0.29, 0.717) is 19.3 Å². The number of methoxy groups -OCH3 is 1. The topological polar surface area (TPSA) is 107 Å². The first-order valence-electron chi connectivity index (χ1n) is 17.3. The molecule has 1 unspecified atom stereocenters. The van der Waals surface area contributed by atoms with Crippen molar-refractivity contribution in [3.8, 4) is 11.6 Å². The average molecular weight is 712 g/mol. The Morgan fingerprint density at radius 3 is 2.38 bits per heavy atom. The van der Waals surface area contributed by atoms with E-state index in [-0.39, 0.29) is 43.0 Å². The zero-order valence-electron chi connectivity index (χ0n) is 29.3. The van der Waals surface area contributed by atoms with Crippen LogP contribution in [0.1, 0.15) is 97.1 Å². The van der Waals surface area contributed by atoms with E-state index in [2.05, 4.69) is 10.3 Å². The first kappa shape index (κ1) is 37.5. The third-order valence-corrected chi connectivity index (χ3v) is 10.4. The van der Waals surface area contributed by atoms with Crippen LogP contribution in [0.25, 0.3) is 10.9 Å². The summed E-state index contributed by atoms with van der Waals surface area (Å²) in [6.07, 6.45) is -5.82. The molecule has 276 valence electrons. The van der Waals surface area contributed by atoms with Crippen LogP contribution in [-0.2, 0) is 26.4 Å². The molecule has 1 aliphatic carbocycles. The molecule has 9 nitrogen and oxygen atoms in total. The van der Waals surface area contributed by atoms with Gasteiger partial charge in [-0.05, 0) is 68.9 Å². The number of nitrogens with one attached hydrogen (secondary N) is 1. The Kier molecular flexibility index (Phi) is 10.6. The highest BCUT2D eigenvalue weighted by atomic mass is 19.4. The maximum absolute atomic E-state index is 16.4. The minimum absolute atomic E-state index is 0.110. The highest BCUT2D eigenvalue weighted by molar-refractivity contribution is 5.93. The first-order valence-corrected chi connectivity index (χ1v) is 17.3. The second-order valence-electron chi connectivity index (χ2n) is 14.9. The molecule has 6 atom stereocenters. The lowest BCUT2D eigenvalue weighted by Gasteiger charge is -2.35. The van der Waals surface area contributed by atoms with Crippen molar-refractivity contribution in [1.82, 2.24) is 15.2 Å². The molecular formula is C36H46F5N3O6. The van der Waals surface area contributed by atoms with Crippen molar-refractivity contribution in [3.05, 3.63) is 29.3 Å². The molecule has 0 radical (unpaired) electrons. The number of nitrogens with zero attached hydrogens (tertiary/aromatic N) is 2. The van der Waals surface area contributed by atoms with Gasteiger partial charge in [0, 0.05) is 23.8 Å². The summed E-state index contributed by atoms with van der Waals surface area (Å²) in [6, 6.07) is 1.27. The summed E-state index contributed by atoms with van der Waals surface area (Å²) >= 11 is 0. The molecule has 2 fully saturated rings. The molecule has 1 aromatic carbocycles. The molecule has 3 heterocycles. The minimum Gasteiger partial charge on any atom is -0.497 e.